The van der Waals surface area contributed by atoms with Gasteiger partial charge in [0, 0.05) is 0 Å². The first-order chi connectivity index (χ1) is 5.77. The lowest BCUT2D eigenvalue weighted by Gasteiger charge is -2.14. The van der Waals surface area contributed by atoms with Gasteiger partial charge in [-0.3, -0.25) is 9.59 Å². The van der Waals surface area contributed by atoms with E-state index < -0.39 is 5.56 Å². The maximum absolute atomic E-state index is 11.0. The van der Waals surface area contributed by atoms with Crippen molar-refractivity contribution in [1.82, 2.24) is 9.97 Å². The number of fused-ring (bicyclic) bond motifs is 1. The molecule has 0 saturated heterocycles. The van der Waals surface area contributed by atoms with Gasteiger partial charge in [-0.05, 0) is 0 Å². The van der Waals surface area contributed by atoms with Crippen molar-refractivity contribution in [2.24, 2.45) is 0 Å². The summed E-state index contributed by atoms with van der Waals surface area (Å²) in [5.41, 5.74) is -0.332. The smallest absolute Gasteiger partial charge is 0.278 e. The van der Waals surface area contributed by atoms with E-state index in [-0.39, 0.29) is 24.1 Å². The van der Waals surface area contributed by atoms with Crippen LogP contribution in [0.25, 0.3) is 0 Å². The summed E-state index contributed by atoms with van der Waals surface area (Å²) in [5, 5.41) is 2.36. The average Bonchev–Trinajstić information content (AvgIpc) is 2.07. The Hall–Kier alpha value is -1.85. The third kappa shape index (κ3) is 0.931. The first-order valence-corrected chi connectivity index (χ1v) is 3.28. The van der Waals surface area contributed by atoms with Crippen molar-refractivity contribution in [2.45, 2.75) is 0 Å². The zero-order valence-corrected chi connectivity index (χ0v) is 5.96. The van der Waals surface area contributed by atoms with E-state index in [1.807, 2.05) is 0 Å². The Bertz CT molecular complexity index is 384. The Morgan fingerprint density at radius 2 is 2.33 bits per heavy atom. The molecule has 1 aliphatic rings. The number of rotatable bonds is 0. The molecular formula is C6H5N3O3. The summed E-state index contributed by atoms with van der Waals surface area (Å²) in [6, 6.07) is 0. The van der Waals surface area contributed by atoms with Crippen LogP contribution in [0, 0.1) is 0 Å². The number of carbonyl (C=O) groups excluding carboxylic acids is 1. The molecule has 0 spiro atoms. The number of ether oxygens (including phenoxy) is 1. The molecule has 0 aromatic carbocycles. The van der Waals surface area contributed by atoms with Crippen LogP contribution in [0.15, 0.2) is 11.1 Å². The third-order valence-corrected chi connectivity index (χ3v) is 1.42. The highest BCUT2D eigenvalue weighted by molar-refractivity contribution is 5.94. The zero-order valence-electron chi connectivity index (χ0n) is 5.96. The fourth-order valence-electron chi connectivity index (χ4n) is 0.912. The van der Waals surface area contributed by atoms with Crippen molar-refractivity contribution in [2.75, 3.05) is 11.9 Å². The molecule has 12 heavy (non-hydrogen) atoms. The van der Waals surface area contributed by atoms with E-state index in [1.165, 1.54) is 6.33 Å². The monoisotopic (exact) mass is 167 g/mol. The normalized spacial score (nSPS) is 14.5. The second-order valence-corrected chi connectivity index (χ2v) is 2.25. The number of hydrogen-bond donors (Lipinski definition) is 2. The number of carbonyl (C=O) groups is 1. The number of anilines is 1. The number of aromatic amines is 1. The van der Waals surface area contributed by atoms with Crippen molar-refractivity contribution in [1.29, 1.82) is 0 Å². The molecule has 0 aliphatic carbocycles. The van der Waals surface area contributed by atoms with Gasteiger partial charge in [0.15, 0.2) is 12.3 Å². The van der Waals surface area contributed by atoms with Crippen molar-refractivity contribution in [3.8, 4) is 5.88 Å². The molecule has 1 aromatic heterocycles. The van der Waals surface area contributed by atoms with E-state index in [1.54, 1.807) is 0 Å². The van der Waals surface area contributed by atoms with Crippen molar-refractivity contribution < 1.29 is 9.53 Å². The first kappa shape index (κ1) is 6.84. The number of hydrogen-bond acceptors (Lipinski definition) is 4. The number of H-pyrrole nitrogens is 1. The van der Waals surface area contributed by atoms with Crippen LogP contribution in [-0.2, 0) is 4.79 Å². The Morgan fingerprint density at radius 1 is 1.50 bits per heavy atom. The van der Waals surface area contributed by atoms with Crippen molar-refractivity contribution in [3.05, 3.63) is 16.7 Å². The lowest BCUT2D eigenvalue weighted by molar-refractivity contribution is -0.118. The number of aromatic nitrogens is 2. The van der Waals surface area contributed by atoms with Gasteiger partial charge in [0.05, 0.1) is 6.33 Å². The highest BCUT2D eigenvalue weighted by Gasteiger charge is 2.19. The van der Waals surface area contributed by atoms with Crippen LogP contribution in [0.1, 0.15) is 0 Å². The van der Waals surface area contributed by atoms with E-state index >= 15 is 0 Å². The van der Waals surface area contributed by atoms with Gasteiger partial charge in [0.25, 0.3) is 11.5 Å². The van der Waals surface area contributed by atoms with Gasteiger partial charge < -0.3 is 15.0 Å². The minimum atomic E-state index is -0.409. The highest BCUT2D eigenvalue weighted by Crippen LogP contribution is 2.17. The van der Waals surface area contributed by atoms with Crippen LogP contribution in [0.2, 0.25) is 0 Å². The number of amides is 1. The summed E-state index contributed by atoms with van der Waals surface area (Å²) in [4.78, 5) is 27.8. The summed E-state index contributed by atoms with van der Waals surface area (Å²) < 4.78 is 4.87. The first-order valence-electron chi connectivity index (χ1n) is 3.28. The lowest BCUT2D eigenvalue weighted by atomic mass is 10.4. The SMILES string of the molecule is O=C1COc2nc[nH]c(=O)c2N1. The molecule has 0 fully saturated rings. The Morgan fingerprint density at radius 3 is 3.17 bits per heavy atom. The van der Waals surface area contributed by atoms with E-state index in [4.69, 9.17) is 4.74 Å². The van der Waals surface area contributed by atoms with E-state index in [0.717, 1.165) is 0 Å². The average molecular weight is 167 g/mol. The number of nitrogens with zero attached hydrogens (tertiary/aromatic N) is 1. The molecule has 62 valence electrons. The second kappa shape index (κ2) is 2.33. The molecule has 2 heterocycles. The Labute approximate surface area is 66.6 Å². The van der Waals surface area contributed by atoms with Gasteiger partial charge in [-0.1, -0.05) is 0 Å². The van der Waals surface area contributed by atoms with Crippen LogP contribution in [0.4, 0.5) is 5.69 Å². The minimum absolute atomic E-state index is 0.0775. The van der Waals surface area contributed by atoms with E-state index in [9.17, 15) is 9.59 Å². The Balaban J connectivity index is 2.57. The maximum atomic E-state index is 11.0. The molecule has 1 aliphatic heterocycles. The maximum Gasteiger partial charge on any atom is 0.278 e. The fourth-order valence-corrected chi connectivity index (χ4v) is 0.912. The zero-order chi connectivity index (χ0) is 8.55. The van der Waals surface area contributed by atoms with Crippen LogP contribution >= 0.6 is 0 Å². The second-order valence-electron chi connectivity index (χ2n) is 2.25. The van der Waals surface area contributed by atoms with Gasteiger partial charge in [0.2, 0.25) is 5.88 Å². The van der Waals surface area contributed by atoms with E-state index in [0.29, 0.717) is 0 Å². The fraction of sp³-hybridized carbons (Fsp3) is 0.167. The lowest BCUT2D eigenvalue weighted by Crippen LogP contribution is -2.30. The van der Waals surface area contributed by atoms with Crippen LogP contribution < -0.4 is 15.6 Å². The molecule has 2 rings (SSSR count). The summed E-state index contributed by atoms with van der Waals surface area (Å²) in [6.07, 6.45) is 1.22. The predicted octanol–water partition coefficient (Wildman–Crippen LogP) is -0.899. The van der Waals surface area contributed by atoms with Gasteiger partial charge in [0.1, 0.15) is 0 Å². The van der Waals surface area contributed by atoms with Crippen LogP contribution in [0.5, 0.6) is 5.88 Å². The molecule has 0 bridgehead atoms. The highest BCUT2D eigenvalue weighted by atomic mass is 16.5. The molecule has 1 aromatic rings. The summed E-state index contributed by atoms with van der Waals surface area (Å²) in [5.74, 6) is -0.181. The van der Waals surface area contributed by atoms with Gasteiger partial charge >= 0.3 is 0 Å². The topological polar surface area (TPSA) is 84.1 Å². The van der Waals surface area contributed by atoms with Crippen LogP contribution in [0.3, 0.4) is 0 Å². The summed E-state index contributed by atoms with van der Waals surface area (Å²) in [7, 11) is 0. The van der Waals surface area contributed by atoms with E-state index in [2.05, 4.69) is 15.3 Å². The Kier molecular flexibility index (Phi) is 1.33. The van der Waals surface area contributed by atoms with Crippen LogP contribution in [-0.4, -0.2) is 22.5 Å². The molecular weight excluding hydrogens is 162 g/mol. The van der Waals surface area contributed by atoms with Crippen molar-refractivity contribution >= 4 is 11.6 Å². The predicted molar refractivity (Wildman–Crippen MR) is 39.0 cm³/mol. The summed E-state index contributed by atoms with van der Waals surface area (Å²) in [6.45, 7) is -0.0938. The molecule has 2 N–H and O–H groups in total. The molecule has 0 saturated carbocycles. The molecule has 0 radical (unpaired) electrons. The van der Waals surface area contributed by atoms with Gasteiger partial charge in [-0.15, -0.1) is 0 Å². The van der Waals surface area contributed by atoms with Crippen molar-refractivity contribution in [3.63, 3.8) is 0 Å². The minimum Gasteiger partial charge on any atom is -0.466 e. The largest absolute Gasteiger partial charge is 0.466 e. The van der Waals surface area contributed by atoms with Gasteiger partial charge in [-0.25, -0.2) is 4.98 Å². The molecule has 6 nitrogen and oxygen atoms in total. The molecule has 0 atom stereocenters. The third-order valence-electron chi connectivity index (χ3n) is 1.42. The van der Waals surface area contributed by atoms with Gasteiger partial charge in [-0.2, -0.15) is 0 Å². The quantitative estimate of drug-likeness (QED) is 0.524. The number of nitrogens with one attached hydrogen (secondary N) is 2. The molecule has 0 unspecified atom stereocenters. The molecule has 6 heteroatoms. The summed E-state index contributed by atoms with van der Waals surface area (Å²) >= 11 is 0. The standard InChI is InChI=1S/C6H5N3O3/c10-3-1-12-6-4(9-3)5(11)7-2-8-6/h2H,1H2,(H,9,10)(H,7,8,11). The molecule has 1 amide bonds.